The van der Waals surface area contributed by atoms with Crippen molar-refractivity contribution in [1.29, 1.82) is 5.41 Å². The lowest BCUT2D eigenvalue weighted by Gasteiger charge is -2.30. The molecule has 0 unspecified atom stereocenters. The van der Waals surface area contributed by atoms with Crippen LogP contribution in [0.1, 0.15) is 18.5 Å². The van der Waals surface area contributed by atoms with Gasteiger partial charge in [-0.05, 0) is 12.8 Å². The van der Waals surface area contributed by atoms with Crippen molar-refractivity contribution in [3.05, 3.63) is 16.6 Å². The summed E-state index contributed by atoms with van der Waals surface area (Å²) in [6, 6.07) is -2.01. The summed E-state index contributed by atoms with van der Waals surface area (Å²) in [5.74, 6) is -0.573. The molecule has 13 heteroatoms. The monoisotopic (exact) mass is 389 g/mol. The van der Waals surface area contributed by atoms with E-state index in [0.29, 0.717) is 23.6 Å². The van der Waals surface area contributed by atoms with E-state index in [2.05, 4.69) is 14.6 Å². The van der Waals surface area contributed by atoms with Crippen molar-refractivity contribution in [3.63, 3.8) is 0 Å². The first-order valence-electron chi connectivity index (χ1n) is 7.27. The maximum atomic E-state index is 12.3. The highest BCUT2D eigenvalue weighted by Gasteiger charge is 2.48. The fourth-order valence-corrected chi connectivity index (χ4v) is 3.85. The van der Waals surface area contributed by atoms with Gasteiger partial charge >= 0.3 is 16.4 Å². The summed E-state index contributed by atoms with van der Waals surface area (Å²) in [5, 5.41) is 12.8. The van der Waals surface area contributed by atoms with Gasteiger partial charge in [-0.2, -0.15) is 13.5 Å². The van der Waals surface area contributed by atoms with E-state index in [1.165, 1.54) is 16.2 Å². The summed E-state index contributed by atoms with van der Waals surface area (Å²) in [6.07, 6.45) is 0.748. The van der Waals surface area contributed by atoms with E-state index in [1.807, 2.05) is 0 Å². The molecule has 2 saturated heterocycles. The SMILES string of the molecule is N=C(NC(=O)Cc1cscn1)[C@@H]1CC[C@@H]2CN1C(=O)N2OS(=O)(=O)O. The number of carbonyl (C=O) groups excluding carboxylic acids is 2. The molecule has 0 spiro atoms. The van der Waals surface area contributed by atoms with E-state index in [1.54, 1.807) is 10.9 Å². The van der Waals surface area contributed by atoms with Crippen LogP contribution in [-0.2, 0) is 25.9 Å². The number of hydroxylamine groups is 2. The van der Waals surface area contributed by atoms with Crippen LogP contribution in [0.2, 0.25) is 0 Å². The Morgan fingerprint density at radius 2 is 2.28 bits per heavy atom. The molecule has 2 atom stereocenters. The lowest BCUT2D eigenvalue weighted by Crippen LogP contribution is -2.51. The number of nitrogens with one attached hydrogen (secondary N) is 2. The first-order chi connectivity index (χ1) is 11.7. The van der Waals surface area contributed by atoms with Crippen LogP contribution in [-0.4, -0.2) is 64.3 Å². The maximum Gasteiger partial charge on any atom is 0.418 e. The van der Waals surface area contributed by atoms with Gasteiger partial charge in [0.2, 0.25) is 5.91 Å². The number of carbonyl (C=O) groups is 2. The number of nitrogens with zero attached hydrogens (tertiary/aromatic N) is 3. The van der Waals surface area contributed by atoms with Gasteiger partial charge in [-0.25, -0.2) is 9.78 Å². The van der Waals surface area contributed by atoms with E-state index in [4.69, 9.17) is 9.96 Å². The summed E-state index contributed by atoms with van der Waals surface area (Å²) in [6.45, 7) is 0.142. The van der Waals surface area contributed by atoms with Gasteiger partial charge in [-0.15, -0.1) is 15.6 Å². The van der Waals surface area contributed by atoms with E-state index in [9.17, 15) is 18.0 Å². The quantitative estimate of drug-likeness (QED) is 0.357. The highest BCUT2D eigenvalue weighted by atomic mass is 32.3. The molecule has 0 aromatic carbocycles. The number of rotatable bonds is 5. The number of piperidine rings is 1. The lowest BCUT2D eigenvalue weighted by atomic mass is 10.00. The Morgan fingerprint density at radius 3 is 2.92 bits per heavy atom. The van der Waals surface area contributed by atoms with Crippen LogP contribution in [0.4, 0.5) is 4.79 Å². The third kappa shape index (κ3) is 3.95. The summed E-state index contributed by atoms with van der Waals surface area (Å²) < 4.78 is 34.8. The van der Waals surface area contributed by atoms with Crippen molar-refractivity contribution < 1.29 is 26.8 Å². The van der Waals surface area contributed by atoms with Crippen LogP contribution < -0.4 is 5.32 Å². The number of hydrogen-bond donors (Lipinski definition) is 3. The van der Waals surface area contributed by atoms with E-state index in [-0.39, 0.29) is 18.8 Å². The second-order valence-electron chi connectivity index (χ2n) is 5.63. The minimum Gasteiger partial charge on any atom is -0.313 e. The average molecular weight is 389 g/mol. The average Bonchev–Trinajstić information content (AvgIpc) is 3.09. The Labute approximate surface area is 147 Å². The highest BCUT2D eigenvalue weighted by molar-refractivity contribution is 7.80. The Bertz CT molecular complexity index is 795. The Kier molecular flexibility index (Phi) is 4.73. The molecule has 3 amide bonds. The molecular formula is C12H15N5O6S2. The summed E-state index contributed by atoms with van der Waals surface area (Å²) in [5.41, 5.74) is 2.19. The van der Waals surface area contributed by atoms with Crippen LogP contribution in [0.25, 0.3) is 0 Å². The van der Waals surface area contributed by atoms with E-state index >= 15 is 0 Å². The number of aromatic nitrogens is 1. The van der Waals surface area contributed by atoms with Gasteiger partial charge in [-0.3, -0.25) is 14.8 Å². The molecule has 1 aromatic heterocycles. The molecule has 11 nitrogen and oxygen atoms in total. The predicted molar refractivity (Wildman–Crippen MR) is 85.1 cm³/mol. The van der Waals surface area contributed by atoms with Crippen LogP contribution in [0.3, 0.4) is 0 Å². The molecule has 25 heavy (non-hydrogen) atoms. The summed E-state index contributed by atoms with van der Waals surface area (Å²) >= 11 is 1.36. The number of fused-ring (bicyclic) bond motifs is 2. The van der Waals surface area contributed by atoms with Crippen molar-refractivity contribution in [2.24, 2.45) is 0 Å². The third-order valence-electron chi connectivity index (χ3n) is 3.93. The fraction of sp³-hybridized carbons (Fsp3) is 0.500. The van der Waals surface area contributed by atoms with Crippen LogP contribution in [0, 0.1) is 5.41 Å². The van der Waals surface area contributed by atoms with Gasteiger partial charge in [0.05, 0.1) is 29.7 Å². The zero-order valence-corrected chi connectivity index (χ0v) is 14.4. The molecule has 136 valence electrons. The number of urea groups is 1. The summed E-state index contributed by atoms with van der Waals surface area (Å²) in [4.78, 5) is 29.4. The van der Waals surface area contributed by atoms with Crippen molar-refractivity contribution in [2.75, 3.05) is 6.54 Å². The second-order valence-corrected chi connectivity index (χ2v) is 7.35. The van der Waals surface area contributed by atoms with Gasteiger partial charge in [0.25, 0.3) is 0 Å². The smallest absolute Gasteiger partial charge is 0.313 e. The van der Waals surface area contributed by atoms with Gasteiger partial charge in [-0.1, -0.05) is 0 Å². The number of amidine groups is 1. The Morgan fingerprint density at radius 1 is 1.52 bits per heavy atom. The Hall–Kier alpha value is -2.09. The van der Waals surface area contributed by atoms with Crippen molar-refractivity contribution in [3.8, 4) is 0 Å². The number of hydrogen-bond acceptors (Lipinski definition) is 8. The Balaban J connectivity index is 1.63. The van der Waals surface area contributed by atoms with E-state index < -0.39 is 34.4 Å². The number of amides is 3. The topological polar surface area (TPSA) is 153 Å². The molecule has 2 aliphatic heterocycles. The van der Waals surface area contributed by atoms with Gasteiger partial charge in [0.15, 0.2) is 0 Å². The molecule has 3 N–H and O–H groups in total. The molecule has 0 radical (unpaired) electrons. The molecule has 0 aliphatic carbocycles. The predicted octanol–water partition coefficient (Wildman–Crippen LogP) is -0.218. The molecule has 2 bridgehead atoms. The van der Waals surface area contributed by atoms with Gasteiger partial charge in [0.1, 0.15) is 5.84 Å². The zero-order valence-electron chi connectivity index (χ0n) is 12.8. The van der Waals surface area contributed by atoms with Crippen LogP contribution >= 0.6 is 11.3 Å². The second kappa shape index (κ2) is 6.67. The minimum atomic E-state index is -4.82. The van der Waals surface area contributed by atoms with Crippen molar-refractivity contribution in [1.82, 2.24) is 20.3 Å². The van der Waals surface area contributed by atoms with E-state index in [0.717, 1.165) is 0 Å². The zero-order chi connectivity index (χ0) is 18.2. The molecule has 2 fully saturated rings. The molecule has 2 aliphatic rings. The first kappa shape index (κ1) is 17.7. The normalized spacial score (nSPS) is 23.0. The highest BCUT2D eigenvalue weighted by Crippen LogP contribution is 2.30. The number of thiazole rings is 1. The van der Waals surface area contributed by atoms with Crippen LogP contribution in [0.15, 0.2) is 10.9 Å². The van der Waals surface area contributed by atoms with Gasteiger partial charge < -0.3 is 10.2 Å². The van der Waals surface area contributed by atoms with Crippen molar-refractivity contribution in [2.45, 2.75) is 31.3 Å². The first-order valence-corrected chi connectivity index (χ1v) is 9.57. The molecule has 1 aromatic rings. The van der Waals surface area contributed by atoms with Crippen molar-refractivity contribution >= 4 is 39.5 Å². The summed E-state index contributed by atoms with van der Waals surface area (Å²) in [7, 11) is -4.82. The third-order valence-corrected chi connectivity index (χ3v) is 4.91. The van der Waals surface area contributed by atoms with Crippen LogP contribution in [0.5, 0.6) is 0 Å². The molecule has 3 heterocycles. The molecule has 0 saturated carbocycles. The van der Waals surface area contributed by atoms with Gasteiger partial charge in [0, 0.05) is 11.9 Å². The molecule has 3 rings (SSSR count). The lowest BCUT2D eigenvalue weighted by molar-refractivity contribution is -0.119. The maximum absolute atomic E-state index is 12.3. The standard InChI is InChI=1S/C12H15N5O6S2/c13-11(15-10(18)3-7-5-24-6-14-7)9-2-1-8-4-16(9)12(19)17(8)23-25(20,21)22/h5-6,8-9H,1-4H2,(H2,13,15,18)(H,20,21,22)/t8-,9+/m1/s1. The fourth-order valence-electron chi connectivity index (χ4n) is 2.90. The minimum absolute atomic E-state index is 0.0210. The largest absolute Gasteiger partial charge is 0.418 e. The molecular weight excluding hydrogens is 374 g/mol.